The molecule has 0 fully saturated rings. The highest BCUT2D eigenvalue weighted by Crippen LogP contribution is 1.94. The van der Waals surface area contributed by atoms with Gasteiger partial charge in [0.05, 0.1) is 19.8 Å². The van der Waals surface area contributed by atoms with E-state index in [0.717, 1.165) is 12.5 Å². The highest BCUT2D eigenvalue weighted by Gasteiger charge is 2.03. The topological polar surface area (TPSA) is 63.2 Å². The summed E-state index contributed by atoms with van der Waals surface area (Å²) in [6.07, 6.45) is 0.817. The Labute approximate surface area is 104 Å². The molecule has 0 amide bonds. The van der Waals surface area contributed by atoms with Gasteiger partial charge in [0.15, 0.2) is 0 Å². The largest absolute Gasteiger partial charge is 0.466 e. The Kier molecular flexibility index (Phi) is 11.7. The van der Waals surface area contributed by atoms with E-state index in [1.165, 1.54) is 21.1 Å². The van der Waals surface area contributed by atoms with Crippen LogP contribution in [0.1, 0.15) is 13.3 Å². The molecular formula is C10H20O6Si. The third kappa shape index (κ3) is 11.8. The van der Waals surface area contributed by atoms with Crippen molar-refractivity contribution < 1.29 is 28.2 Å². The average Bonchev–Trinajstić information content (AvgIpc) is 2.31. The molecule has 0 aliphatic heterocycles. The standard InChI is InChI=1S/C10H20O6Si/c1-9(11)14-5-4-8-17-16-7-6-15-10(12-2)13-3/h10H,4-8H2,1-3H3. The van der Waals surface area contributed by atoms with E-state index < -0.39 is 6.48 Å². The van der Waals surface area contributed by atoms with Crippen molar-refractivity contribution in [2.45, 2.75) is 25.9 Å². The van der Waals surface area contributed by atoms with Crippen LogP contribution in [0, 0.1) is 0 Å². The summed E-state index contributed by atoms with van der Waals surface area (Å²) in [4.78, 5) is 10.4. The van der Waals surface area contributed by atoms with E-state index in [-0.39, 0.29) is 5.97 Å². The zero-order chi connectivity index (χ0) is 12.9. The van der Waals surface area contributed by atoms with Gasteiger partial charge in [-0.2, -0.15) is 0 Å². The van der Waals surface area contributed by atoms with Crippen molar-refractivity contribution in [3.8, 4) is 0 Å². The molecule has 0 aromatic rings. The summed E-state index contributed by atoms with van der Waals surface area (Å²) >= 11 is 0. The highest BCUT2D eigenvalue weighted by atomic mass is 28.2. The van der Waals surface area contributed by atoms with Gasteiger partial charge in [-0.15, -0.1) is 0 Å². The minimum atomic E-state index is -0.633. The van der Waals surface area contributed by atoms with E-state index in [0.29, 0.717) is 29.6 Å². The van der Waals surface area contributed by atoms with Gasteiger partial charge in [-0.3, -0.25) is 4.79 Å². The van der Waals surface area contributed by atoms with Gasteiger partial charge in [-0.25, -0.2) is 0 Å². The van der Waals surface area contributed by atoms with Crippen LogP contribution in [0.2, 0.25) is 6.04 Å². The van der Waals surface area contributed by atoms with E-state index in [4.69, 9.17) is 23.4 Å². The molecule has 0 unspecified atom stereocenters. The second kappa shape index (κ2) is 12.0. The Bertz CT molecular complexity index is 186. The molecule has 0 aliphatic rings. The van der Waals surface area contributed by atoms with E-state index in [9.17, 15) is 4.79 Å². The van der Waals surface area contributed by atoms with Crippen molar-refractivity contribution >= 4 is 15.7 Å². The molecular weight excluding hydrogens is 244 g/mol. The molecule has 0 saturated heterocycles. The molecule has 0 aromatic carbocycles. The molecule has 17 heavy (non-hydrogen) atoms. The quantitative estimate of drug-likeness (QED) is 0.235. The summed E-state index contributed by atoms with van der Waals surface area (Å²) in [5.74, 6) is -0.243. The summed E-state index contributed by atoms with van der Waals surface area (Å²) < 4.78 is 24.9. The Morgan fingerprint density at radius 1 is 1.18 bits per heavy atom. The molecule has 100 valence electrons. The number of hydrogen-bond acceptors (Lipinski definition) is 6. The van der Waals surface area contributed by atoms with Gasteiger partial charge < -0.3 is 23.4 Å². The smallest absolute Gasteiger partial charge is 0.302 e. The zero-order valence-corrected chi connectivity index (χ0v) is 11.6. The first-order valence-corrected chi connectivity index (χ1v) is 6.47. The summed E-state index contributed by atoms with van der Waals surface area (Å²) in [6.45, 7) is 2.14. The average molecular weight is 264 g/mol. The zero-order valence-electron chi connectivity index (χ0n) is 10.6. The molecule has 0 rings (SSSR count). The third-order valence-electron chi connectivity index (χ3n) is 1.65. The molecule has 0 aliphatic carbocycles. The van der Waals surface area contributed by atoms with Gasteiger partial charge in [0.1, 0.15) is 0 Å². The summed E-state index contributed by atoms with van der Waals surface area (Å²) in [5.41, 5.74) is 0. The van der Waals surface area contributed by atoms with Crippen LogP contribution in [0.5, 0.6) is 0 Å². The number of carbonyl (C=O) groups excluding carboxylic acids is 1. The first kappa shape index (κ1) is 16.5. The predicted molar refractivity (Wildman–Crippen MR) is 61.5 cm³/mol. The summed E-state index contributed by atoms with van der Waals surface area (Å²) in [5, 5.41) is 0. The Morgan fingerprint density at radius 2 is 1.88 bits per heavy atom. The third-order valence-corrected chi connectivity index (χ3v) is 2.62. The molecule has 0 spiro atoms. The van der Waals surface area contributed by atoms with Crippen molar-refractivity contribution in [2.24, 2.45) is 0 Å². The van der Waals surface area contributed by atoms with Crippen molar-refractivity contribution in [1.29, 1.82) is 0 Å². The second-order valence-electron chi connectivity index (χ2n) is 3.07. The SMILES string of the molecule is COC(OC)OCCO[Si]CCCOC(C)=O. The fraction of sp³-hybridized carbons (Fsp3) is 0.900. The van der Waals surface area contributed by atoms with E-state index >= 15 is 0 Å². The summed E-state index contributed by atoms with van der Waals surface area (Å²) in [7, 11) is 3.40. The molecule has 6 nitrogen and oxygen atoms in total. The fourth-order valence-corrected chi connectivity index (χ4v) is 1.58. The van der Waals surface area contributed by atoms with Crippen molar-refractivity contribution in [1.82, 2.24) is 0 Å². The molecule has 0 aromatic heterocycles. The normalized spacial score (nSPS) is 10.8. The Balaban J connectivity index is 3.10. The van der Waals surface area contributed by atoms with Gasteiger partial charge in [-0.1, -0.05) is 0 Å². The minimum absolute atomic E-state index is 0.243. The number of ether oxygens (including phenoxy) is 4. The molecule has 0 N–H and O–H groups in total. The minimum Gasteiger partial charge on any atom is -0.466 e. The maximum atomic E-state index is 10.4. The number of methoxy groups -OCH3 is 2. The van der Waals surface area contributed by atoms with Crippen LogP contribution >= 0.6 is 0 Å². The van der Waals surface area contributed by atoms with E-state index in [1.54, 1.807) is 0 Å². The number of carbonyl (C=O) groups is 1. The van der Waals surface area contributed by atoms with Gasteiger partial charge in [-0.05, 0) is 12.5 Å². The van der Waals surface area contributed by atoms with Crippen LogP contribution in [0.15, 0.2) is 0 Å². The Morgan fingerprint density at radius 3 is 2.47 bits per heavy atom. The van der Waals surface area contributed by atoms with Crippen molar-refractivity contribution in [3.05, 3.63) is 0 Å². The molecule has 2 radical (unpaired) electrons. The maximum absolute atomic E-state index is 10.4. The number of rotatable bonds is 11. The molecule has 0 heterocycles. The van der Waals surface area contributed by atoms with Crippen LogP contribution in [-0.4, -0.2) is 56.2 Å². The molecule has 0 saturated carbocycles. The highest BCUT2D eigenvalue weighted by molar-refractivity contribution is 6.26. The van der Waals surface area contributed by atoms with E-state index in [2.05, 4.69) is 0 Å². The molecule has 0 atom stereocenters. The lowest BCUT2D eigenvalue weighted by atomic mass is 10.5. The van der Waals surface area contributed by atoms with E-state index in [1.807, 2.05) is 0 Å². The first-order chi connectivity index (χ1) is 8.20. The van der Waals surface area contributed by atoms with Crippen LogP contribution in [0.3, 0.4) is 0 Å². The maximum Gasteiger partial charge on any atom is 0.302 e. The number of hydrogen-bond donors (Lipinski definition) is 0. The van der Waals surface area contributed by atoms with Crippen LogP contribution in [0.25, 0.3) is 0 Å². The summed E-state index contributed by atoms with van der Waals surface area (Å²) in [6, 6.07) is 0.880. The van der Waals surface area contributed by atoms with Gasteiger partial charge in [0, 0.05) is 21.1 Å². The lowest BCUT2D eigenvalue weighted by Gasteiger charge is -2.13. The predicted octanol–water partition coefficient (Wildman–Crippen LogP) is 0.587. The molecule has 0 bridgehead atoms. The Hall–Kier alpha value is -0.473. The van der Waals surface area contributed by atoms with Gasteiger partial charge in [0.25, 0.3) is 6.48 Å². The fourth-order valence-electron chi connectivity index (χ4n) is 0.923. The van der Waals surface area contributed by atoms with Crippen LogP contribution in [-0.2, 0) is 28.2 Å². The van der Waals surface area contributed by atoms with Crippen LogP contribution in [0.4, 0.5) is 0 Å². The second-order valence-corrected chi connectivity index (χ2v) is 4.14. The van der Waals surface area contributed by atoms with Crippen LogP contribution < -0.4 is 0 Å². The molecule has 7 heteroatoms. The van der Waals surface area contributed by atoms with Gasteiger partial charge in [0.2, 0.25) is 9.76 Å². The van der Waals surface area contributed by atoms with Crippen molar-refractivity contribution in [3.63, 3.8) is 0 Å². The number of esters is 1. The first-order valence-electron chi connectivity index (χ1n) is 5.36. The van der Waals surface area contributed by atoms with Gasteiger partial charge >= 0.3 is 5.97 Å². The lowest BCUT2D eigenvalue weighted by Crippen LogP contribution is -2.20. The lowest BCUT2D eigenvalue weighted by molar-refractivity contribution is -0.266. The van der Waals surface area contributed by atoms with Crippen molar-refractivity contribution in [2.75, 3.05) is 34.0 Å². The monoisotopic (exact) mass is 264 g/mol.